The number of anilines is 2. The maximum Gasteiger partial charge on any atom is 0.339 e. The van der Waals surface area contributed by atoms with Gasteiger partial charge in [-0.2, -0.15) is 0 Å². The van der Waals surface area contributed by atoms with Crippen LogP contribution >= 0.6 is 11.6 Å². The maximum atomic E-state index is 12.0. The summed E-state index contributed by atoms with van der Waals surface area (Å²) in [5, 5.41) is 6.51. The number of nitrogens with one attached hydrogen (secondary N) is 2. The third-order valence-electron chi connectivity index (χ3n) is 3.13. The summed E-state index contributed by atoms with van der Waals surface area (Å²) in [6.07, 6.45) is 0.262. The maximum absolute atomic E-state index is 12.0. The predicted octanol–water partition coefficient (Wildman–Crippen LogP) is 3.57. The fourth-order valence-electron chi connectivity index (χ4n) is 1.98. The lowest BCUT2D eigenvalue weighted by Crippen LogP contribution is -2.18. The summed E-state index contributed by atoms with van der Waals surface area (Å²) in [6.45, 7) is 0.466. The van der Waals surface area contributed by atoms with Gasteiger partial charge in [-0.15, -0.1) is 0 Å². The number of rotatable bonds is 6. The number of methoxy groups -OCH3 is 1. The van der Waals surface area contributed by atoms with Crippen LogP contribution in [0.2, 0.25) is 5.02 Å². The number of carbonyl (C=O) groups excluding carboxylic acids is 2. The van der Waals surface area contributed by atoms with Crippen molar-refractivity contribution in [2.75, 3.05) is 24.3 Å². The Morgan fingerprint density at radius 1 is 1.09 bits per heavy atom. The average Bonchev–Trinajstić information content (AvgIpc) is 2.56. The van der Waals surface area contributed by atoms with Gasteiger partial charge in [0.25, 0.3) is 0 Å². The van der Waals surface area contributed by atoms with Crippen molar-refractivity contribution in [3.05, 3.63) is 59.1 Å². The van der Waals surface area contributed by atoms with Crippen molar-refractivity contribution >= 4 is 34.9 Å². The van der Waals surface area contributed by atoms with Gasteiger partial charge in [0.2, 0.25) is 5.91 Å². The standard InChI is InChI=1S/C17H17ClN2O3/c1-23-17(22)14-4-2-3-5-15(14)20-16(21)10-11-19-13-8-6-12(18)7-9-13/h2-9,19H,10-11H2,1H3,(H,20,21). The first-order valence-corrected chi connectivity index (χ1v) is 7.44. The first-order valence-electron chi connectivity index (χ1n) is 7.07. The molecule has 120 valence electrons. The average molecular weight is 333 g/mol. The molecule has 0 fully saturated rings. The number of ether oxygens (including phenoxy) is 1. The van der Waals surface area contributed by atoms with Gasteiger partial charge in [-0.25, -0.2) is 4.79 Å². The van der Waals surface area contributed by atoms with Crippen LogP contribution in [0.3, 0.4) is 0 Å². The minimum atomic E-state index is -0.486. The zero-order chi connectivity index (χ0) is 16.7. The van der Waals surface area contributed by atoms with Crippen LogP contribution < -0.4 is 10.6 Å². The summed E-state index contributed by atoms with van der Waals surface area (Å²) in [6, 6.07) is 14.0. The molecule has 6 heteroatoms. The van der Waals surface area contributed by atoms with Gasteiger partial charge in [0.1, 0.15) is 0 Å². The largest absolute Gasteiger partial charge is 0.465 e. The molecule has 0 saturated heterocycles. The highest BCUT2D eigenvalue weighted by Gasteiger charge is 2.12. The summed E-state index contributed by atoms with van der Waals surface area (Å²) < 4.78 is 4.69. The van der Waals surface area contributed by atoms with Crippen LogP contribution in [-0.4, -0.2) is 25.5 Å². The van der Waals surface area contributed by atoms with E-state index in [1.165, 1.54) is 7.11 Å². The highest BCUT2D eigenvalue weighted by molar-refractivity contribution is 6.30. The van der Waals surface area contributed by atoms with Gasteiger partial charge >= 0.3 is 5.97 Å². The molecule has 0 unspecified atom stereocenters. The lowest BCUT2D eigenvalue weighted by atomic mass is 10.1. The first kappa shape index (κ1) is 16.8. The number of para-hydroxylation sites is 1. The van der Waals surface area contributed by atoms with Crippen molar-refractivity contribution in [3.63, 3.8) is 0 Å². The topological polar surface area (TPSA) is 67.4 Å². The SMILES string of the molecule is COC(=O)c1ccccc1NC(=O)CCNc1ccc(Cl)cc1. The second-order valence-electron chi connectivity index (χ2n) is 4.77. The molecule has 5 nitrogen and oxygen atoms in total. The van der Waals surface area contributed by atoms with Gasteiger partial charge in [-0.3, -0.25) is 4.79 Å². The molecule has 23 heavy (non-hydrogen) atoms. The minimum absolute atomic E-state index is 0.192. The van der Waals surface area contributed by atoms with E-state index in [0.29, 0.717) is 22.8 Å². The zero-order valence-corrected chi connectivity index (χ0v) is 13.4. The smallest absolute Gasteiger partial charge is 0.339 e. The molecule has 1 amide bonds. The molecule has 2 aromatic carbocycles. The van der Waals surface area contributed by atoms with E-state index in [9.17, 15) is 9.59 Å². The summed E-state index contributed by atoms with van der Waals surface area (Å²) in [5.41, 5.74) is 1.65. The molecule has 0 aliphatic rings. The fraction of sp³-hybridized carbons (Fsp3) is 0.176. The van der Waals surface area contributed by atoms with Gasteiger partial charge in [-0.1, -0.05) is 23.7 Å². The normalized spacial score (nSPS) is 10.0. The van der Waals surface area contributed by atoms with Crippen LogP contribution in [0.4, 0.5) is 11.4 Å². The molecule has 2 N–H and O–H groups in total. The van der Waals surface area contributed by atoms with Gasteiger partial charge < -0.3 is 15.4 Å². The molecule has 0 saturated carbocycles. The number of halogens is 1. The van der Waals surface area contributed by atoms with Crippen LogP contribution in [0.15, 0.2) is 48.5 Å². The Bertz CT molecular complexity index is 686. The molecule has 0 radical (unpaired) electrons. The predicted molar refractivity (Wildman–Crippen MR) is 91.0 cm³/mol. The van der Waals surface area contributed by atoms with Crippen molar-refractivity contribution in [1.82, 2.24) is 0 Å². The number of hydrogen-bond donors (Lipinski definition) is 2. The molecular weight excluding hydrogens is 316 g/mol. The van der Waals surface area contributed by atoms with Gasteiger partial charge in [-0.05, 0) is 36.4 Å². The van der Waals surface area contributed by atoms with Crippen molar-refractivity contribution in [2.24, 2.45) is 0 Å². The summed E-state index contributed by atoms with van der Waals surface area (Å²) in [5.74, 6) is -0.678. The number of esters is 1. The van der Waals surface area contributed by atoms with E-state index in [2.05, 4.69) is 10.6 Å². The van der Waals surface area contributed by atoms with Crippen LogP contribution in [0.5, 0.6) is 0 Å². The van der Waals surface area contributed by atoms with Gasteiger partial charge in [0.05, 0.1) is 18.4 Å². The second kappa shape index (κ2) is 8.19. The van der Waals surface area contributed by atoms with E-state index >= 15 is 0 Å². The van der Waals surface area contributed by atoms with E-state index in [-0.39, 0.29) is 12.3 Å². The second-order valence-corrected chi connectivity index (χ2v) is 5.21. The number of benzene rings is 2. The Morgan fingerprint density at radius 2 is 1.78 bits per heavy atom. The summed E-state index contributed by atoms with van der Waals surface area (Å²) in [4.78, 5) is 23.6. The lowest BCUT2D eigenvalue weighted by molar-refractivity contribution is -0.115. The Morgan fingerprint density at radius 3 is 2.48 bits per heavy atom. The number of hydrogen-bond acceptors (Lipinski definition) is 4. The van der Waals surface area contributed by atoms with Crippen molar-refractivity contribution in [1.29, 1.82) is 0 Å². The van der Waals surface area contributed by atoms with E-state index in [0.717, 1.165) is 5.69 Å². The number of carbonyl (C=O) groups is 2. The van der Waals surface area contributed by atoms with Crippen molar-refractivity contribution in [3.8, 4) is 0 Å². The molecule has 0 heterocycles. The van der Waals surface area contributed by atoms with Crippen LogP contribution in [-0.2, 0) is 9.53 Å². The molecular formula is C17H17ClN2O3. The molecule has 2 aromatic rings. The van der Waals surface area contributed by atoms with E-state index in [1.807, 2.05) is 12.1 Å². The Balaban J connectivity index is 1.88. The third kappa shape index (κ3) is 5.00. The molecule has 0 bridgehead atoms. The van der Waals surface area contributed by atoms with E-state index in [4.69, 9.17) is 16.3 Å². The number of amides is 1. The highest BCUT2D eigenvalue weighted by Crippen LogP contribution is 2.16. The Kier molecular flexibility index (Phi) is 6.00. The zero-order valence-electron chi connectivity index (χ0n) is 12.6. The fourth-order valence-corrected chi connectivity index (χ4v) is 2.11. The highest BCUT2D eigenvalue weighted by atomic mass is 35.5. The van der Waals surface area contributed by atoms with E-state index in [1.54, 1.807) is 36.4 Å². The van der Waals surface area contributed by atoms with Gasteiger partial charge in [0, 0.05) is 23.7 Å². The summed E-state index contributed by atoms with van der Waals surface area (Å²) in [7, 11) is 1.30. The third-order valence-corrected chi connectivity index (χ3v) is 3.38. The lowest BCUT2D eigenvalue weighted by Gasteiger charge is -2.10. The monoisotopic (exact) mass is 332 g/mol. The Hall–Kier alpha value is -2.53. The molecule has 0 aliphatic heterocycles. The van der Waals surface area contributed by atoms with Crippen LogP contribution in [0, 0.1) is 0 Å². The molecule has 0 spiro atoms. The van der Waals surface area contributed by atoms with Crippen molar-refractivity contribution < 1.29 is 14.3 Å². The van der Waals surface area contributed by atoms with Crippen LogP contribution in [0.25, 0.3) is 0 Å². The first-order chi connectivity index (χ1) is 11.1. The molecule has 0 aromatic heterocycles. The van der Waals surface area contributed by atoms with E-state index < -0.39 is 5.97 Å². The van der Waals surface area contributed by atoms with Crippen LogP contribution in [0.1, 0.15) is 16.8 Å². The molecule has 2 rings (SSSR count). The summed E-state index contributed by atoms with van der Waals surface area (Å²) >= 11 is 5.81. The minimum Gasteiger partial charge on any atom is -0.465 e. The van der Waals surface area contributed by atoms with Crippen molar-refractivity contribution in [2.45, 2.75) is 6.42 Å². The Labute approximate surface area is 139 Å². The van der Waals surface area contributed by atoms with Gasteiger partial charge in [0.15, 0.2) is 0 Å². The quantitative estimate of drug-likeness (QED) is 0.794. The molecule has 0 aliphatic carbocycles. The molecule has 0 atom stereocenters.